The molecule has 0 bridgehead atoms. The number of nitrogens with two attached hydrogens (primary N) is 1. The van der Waals surface area contributed by atoms with Gasteiger partial charge in [-0.3, -0.25) is 0 Å². The monoisotopic (exact) mass is 287 g/mol. The first-order chi connectivity index (χ1) is 8.91. The third-order valence-electron chi connectivity index (χ3n) is 2.71. The SMILES string of the molecule is CCOC(=O)c1c(N)nsc1NCC(C)(C)CCO. The van der Waals surface area contributed by atoms with Crippen LogP contribution in [0.25, 0.3) is 0 Å². The molecule has 0 aliphatic rings. The summed E-state index contributed by atoms with van der Waals surface area (Å²) in [5.74, 6) is -0.276. The molecular formula is C12H21N3O3S. The number of anilines is 2. The molecular weight excluding hydrogens is 266 g/mol. The summed E-state index contributed by atoms with van der Waals surface area (Å²) in [7, 11) is 0. The fourth-order valence-electron chi connectivity index (χ4n) is 1.53. The molecule has 7 heteroatoms. The van der Waals surface area contributed by atoms with Crippen molar-refractivity contribution in [1.82, 2.24) is 4.37 Å². The van der Waals surface area contributed by atoms with Crippen molar-refractivity contribution in [3.63, 3.8) is 0 Å². The lowest BCUT2D eigenvalue weighted by Gasteiger charge is -2.24. The maximum Gasteiger partial charge on any atom is 0.344 e. The van der Waals surface area contributed by atoms with Gasteiger partial charge in [-0.1, -0.05) is 13.8 Å². The van der Waals surface area contributed by atoms with Crippen LogP contribution in [0.2, 0.25) is 0 Å². The van der Waals surface area contributed by atoms with Crippen molar-refractivity contribution in [2.24, 2.45) is 5.41 Å². The number of rotatable bonds is 7. The maximum absolute atomic E-state index is 11.8. The van der Waals surface area contributed by atoms with E-state index in [1.165, 1.54) is 0 Å². The topological polar surface area (TPSA) is 97.5 Å². The van der Waals surface area contributed by atoms with E-state index in [1.54, 1.807) is 6.92 Å². The first-order valence-corrected chi connectivity index (χ1v) is 6.95. The van der Waals surface area contributed by atoms with E-state index in [0.29, 0.717) is 30.1 Å². The van der Waals surface area contributed by atoms with Gasteiger partial charge in [0.05, 0.1) is 6.61 Å². The molecule has 0 saturated heterocycles. The maximum atomic E-state index is 11.8. The van der Waals surface area contributed by atoms with Gasteiger partial charge in [-0.15, -0.1) is 0 Å². The van der Waals surface area contributed by atoms with Crippen LogP contribution in [0.5, 0.6) is 0 Å². The van der Waals surface area contributed by atoms with Gasteiger partial charge in [0.2, 0.25) is 0 Å². The Morgan fingerprint density at radius 3 is 2.84 bits per heavy atom. The summed E-state index contributed by atoms with van der Waals surface area (Å²) in [4.78, 5) is 11.8. The molecule has 4 N–H and O–H groups in total. The number of carbonyl (C=O) groups excluding carboxylic acids is 1. The third kappa shape index (κ3) is 4.36. The second-order valence-electron chi connectivity index (χ2n) is 4.98. The standard InChI is InChI=1S/C12H21N3O3S/c1-4-18-11(17)8-9(13)15-19-10(8)14-7-12(2,3)5-6-16/h14,16H,4-7H2,1-3H3,(H2,13,15). The molecule has 1 rings (SSSR count). The average Bonchev–Trinajstić information content (AvgIpc) is 2.68. The van der Waals surface area contributed by atoms with Gasteiger partial charge in [0, 0.05) is 13.2 Å². The quantitative estimate of drug-likeness (QED) is 0.661. The number of nitrogens with one attached hydrogen (secondary N) is 1. The highest BCUT2D eigenvalue weighted by atomic mass is 32.1. The number of hydrogen-bond donors (Lipinski definition) is 3. The van der Waals surface area contributed by atoms with Crippen LogP contribution in [-0.2, 0) is 4.74 Å². The number of nitrogen functional groups attached to an aromatic ring is 1. The van der Waals surface area contributed by atoms with Gasteiger partial charge in [-0.05, 0) is 30.3 Å². The molecule has 6 nitrogen and oxygen atoms in total. The largest absolute Gasteiger partial charge is 0.462 e. The molecule has 0 unspecified atom stereocenters. The van der Waals surface area contributed by atoms with Crippen molar-refractivity contribution in [2.45, 2.75) is 27.2 Å². The van der Waals surface area contributed by atoms with Crippen LogP contribution in [0.4, 0.5) is 10.8 Å². The molecule has 0 saturated carbocycles. The van der Waals surface area contributed by atoms with Gasteiger partial charge >= 0.3 is 5.97 Å². The first-order valence-electron chi connectivity index (χ1n) is 6.18. The van der Waals surface area contributed by atoms with Crippen molar-refractivity contribution in [1.29, 1.82) is 0 Å². The summed E-state index contributed by atoms with van der Waals surface area (Å²) in [6.45, 7) is 6.84. The Kier molecular flexibility index (Phi) is 5.56. The Bertz CT molecular complexity index is 432. The van der Waals surface area contributed by atoms with Crippen molar-refractivity contribution in [3.8, 4) is 0 Å². The summed E-state index contributed by atoms with van der Waals surface area (Å²) in [6.07, 6.45) is 0.670. The molecule has 0 atom stereocenters. The summed E-state index contributed by atoms with van der Waals surface area (Å²) in [6, 6.07) is 0. The molecule has 0 radical (unpaired) electrons. The number of esters is 1. The number of aromatic nitrogens is 1. The molecule has 1 aromatic heterocycles. The van der Waals surface area contributed by atoms with Crippen molar-refractivity contribution >= 4 is 28.3 Å². The second kappa shape index (κ2) is 6.72. The van der Waals surface area contributed by atoms with E-state index < -0.39 is 5.97 Å². The minimum Gasteiger partial charge on any atom is -0.462 e. The fourth-order valence-corrected chi connectivity index (χ4v) is 2.23. The highest BCUT2D eigenvalue weighted by molar-refractivity contribution is 7.11. The lowest BCUT2D eigenvalue weighted by atomic mass is 9.90. The number of ether oxygens (including phenoxy) is 1. The number of aliphatic hydroxyl groups excluding tert-OH is 1. The van der Waals surface area contributed by atoms with E-state index >= 15 is 0 Å². The summed E-state index contributed by atoms with van der Waals surface area (Å²) in [5.41, 5.74) is 5.90. The lowest BCUT2D eigenvalue weighted by molar-refractivity contribution is 0.0529. The van der Waals surface area contributed by atoms with Crippen LogP contribution in [-0.4, -0.2) is 35.2 Å². The Labute approximate surface area is 117 Å². The molecule has 0 spiro atoms. The predicted molar refractivity (Wildman–Crippen MR) is 76.5 cm³/mol. The number of aliphatic hydroxyl groups is 1. The van der Waals surface area contributed by atoms with E-state index in [-0.39, 0.29) is 17.8 Å². The van der Waals surface area contributed by atoms with Crippen LogP contribution < -0.4 is 11.1 Å². The van der Waals surface area contributed by atoms with E-state index in [4.69, 9.17) is 15.6 Å². The van der Waals surface area contributed by atoms with Gasteiger partial charge in [-0.2, -0.15) is 4.37 Å². The average molecular weight is 287 g/mol. The van der Waals surface area contributed by atoms with Crippen molar-refractivity contribution in [2.75, 3.05) is 30.8 Å². The molecule has 108 valence electrons. The molecule has 0 aromatic carbocycles. The van der Waals surface area contributed by atoms with Crippen molar-refractivity contribution in [3.05, 3.63) is 5.56 Å². The highest BCUT2D eigenvalue weighted by Gasteiger charge is 2.23. The van der Waals surface area contributed by atoms with E-state index in [0.717, 1.165) is 11.5 Å². The van der Waals surface area contributed by atoms with Gasteiger partial charge in [0.25, 0.3) is 0 Å². The molecule has 1 heterocycles. The van der Waals surface area contributed by atoms with Gasteiger partial charge in [0.15, 0.2) is 5.82 Å². The Balaban J connectivity index is 2.77. The number of carbonyl (C=O) groups is 1. The zero-order valence-corrected chi connectivity index (χ0v) is 12.3. The summed E-state index contributed by atoms with van der Waals surface area (Å²) < 4.78 is 8.93. The van der Waals surface area contributed by atoms with Gasteiger partial charge < -0.3 is 20.9 Å². The summed E-state index contributed by atoms with van der Waals surface area (Å²) in [5, 5.41) is 12.8. The van der Waals surface area contributed by atoms with Crippen molar-refractivity contribution < 1.29 is 14.6 Å². The minimum atomic E-state index is -0.462. The normalized spacial score (nSPS) is 11.4. The zero-order valence-electron chi connectivity index (χ0n) is 11.5. The Hall–Kier alpha value is -1.34. The molecule has 19 heavy (non-hydrogen) atoms. The van der Waals surface area contributed by atoms with Crippen LogP contribution in [0, 0.1) is 5.41 Å². The van der Waals surface area contributed by atoms with Crippen LogP contribution in [0.15, 0.2) is 0 Å². The zero-order chi connectivity index (χ0) is 14.5. The minimum absolute atomic E-state index is 0.0839. The van der Waals surface area contributed by atoms with Gasteiger partial charge in [-0.25, -0.2) is 4.79 Å². The molecule has 0 aliphatic heterocycles. The second-order valence-corrected chi connectivity index (χ2v) is 5.76. The van der Waals surface area contributed by atoms with Crippen LogP contribution in [0.3, 0.4) is 0 Å². The van der Waals surface area contributed by atoms with E-state index in [9.17, 15) is 4.79 Å². The number of hydrogen-bond acceptors (Lipinski definition) is 7. The molecule has 0 amide bonds. The van der Waals surface area contributed by atoms with Crippen LogP contribution >= 0.6 is 11.5 Å². The Morgan fingerprint density at radius 2 is 2.26 bits per heavy atom. The smallest absolute Gasteiger partial charge is 0.344 e. The third-order valence-corrected chi connectivity index (χ3v) is 3.53. The molecule has 0 aliphatic carbocycles. The predicted octanol–water partition coefficient (Wildman–Crippen LogP) is 1.72. The lowest BCUT2D eigenvalue weighted by Crippen LogP contribution is -2.24. The summed E-state index contributed by atoms with van der Waals surface area (Å²) >= 11 is 1.14. The molecule has 0 fully saturated rings. The highest BCUT2D eigenvalue weighted by Crippen LogP contribution is 2.29. The first kappa shape index (κ1) is 15.7. The van der Waals surface area contributed by atoms with Gasteiger partial charge in [0.1, 0.15) is 10.6 Å². The Morgan fingerprint density at radius 1 is 1.58 bits per heavy atom. The van der Waals surface area contributed by atoms with E-state index in [2.05, 4.69) is 9.69 Å². The van der Waals surface area contributed by atoms with E-state index in [1.807, 2.05) is 13.8 Å². The fraction of sp³-hybridized carbons (Fsp3) is 0.667. The molecule has 1 aromatic rings. The van der Waals surface area contributed by atoms with Crippen LogP contribution in [0.1, 0.15) is 37.6 Å². The number of nitrogens with zero attached hydrogens (tertiary/aromatic N) is 1.